The Hall–Kier alpha value is -1.58. The number of halogens is 1. The van der Waals surface area contributed by atoms with Gasteiger partial charge in [-0.2, -0.15) is 0 Å². The van der Waals surface area contributed by atoms with Gasteiger partial charge in [0.15, 0.2) is 0 Å². The molecule has 0 fully saturated rings. The van der Waals surface area contributed by atoms with Gasteiger partial charge < -0.3 is 10.2 Å². The lowest BCUT2D eigenvalue weighted by Gasteiger charge is -2.26. The normalized spacial score (nSPS) is 10.6. The molecule has 1 N–H and O–H groups in total. The number of nitrogens with one attached hydrogen (secondary N) is 1. The highest BCUT2D eigenvalue weighted by molar-refractivity contribution is 6.30. The molecule has 0 saturated carbocycles. The van der Waals surface area contributed by atoms with Crippen LogP contribution >= 0.6 is 11.6 Å². The van der Waals surface area contributed by atoms with Crippen LogP contribution in [0.25, 0.3) is 0 Å². The molecule has 0 aliphatic heterocycles. The lowest BCUT2D eigenvalue weighted by Crippen LogP contribution is -2.24. The molecule has 1 aromatic heterocycles. The van der Waals surface area contributed by atoms with Gasteiger partial charge >= 0.3 is 0 Å². The molecule has 0 unspecified atom stereocenters. The van der Waals surface area contributed by atoms with Gasteiger partial charge in [-0.15, -0.1) is 0 Å². The van der Waals surface area contributed by atoms with Crippen LogP contribution in [0.3, 0.4) is 0 Å². The maximum Gasteiger partial charge on any atom is 0.0430 e. The predicted molar refractivity (Wildman–Crippen MR) is 89.8 cm³/mol. The van der Waals surface area contributed by atoms with Gasteiger partial charge in [0.1, 0.15) is 0 Å². The molecule has 0 radical (unpaired) electrons. The number of anilines is 1. The van der Waals surface area contributed by atoms with E-state index in [0.29, 0.717) is 0 Å². The standard InChI is InChI=1S/C17H22ClN3/c1-3-19-12-15-5-6-16(18)11-17(15)21(4-2)13-14-7-9-20-10-8-14/h5-11,19H,3-4,12-13H2,1-2H3. The van der Waals surface area contributed by atoms with E-state index in [2.05, 4.69) is 53.3 Å². The van der Waals surface area contributed by atoms with Crippen LogP contribution in [0.1, 0.15) is 25.0 Å². The van der Waals surface area contributed by atoms with E-state index in [1.54, 1.807) is 0 Å². The Morgan fingerprint density at radius 1 is 1.14 bits per heavy atom. The average molecular weight is 304 g/mol. The smallest absolute Gasteiger partial charge is 0.0430 e. The van der Waals surface area contributed by atoms with E-state index in [4.69, 9.17) is 11.6 Å². The summed E-state index contributed by atoms with van der Waals surface area (Å²) in [6.45, 7) is 7.89. The molecule has 2 rings (SSSR count). The van der Waals surface area contributed by atoms with Crippen LogP contribution in [0.4, 0.5) is 5.69 Å². The number of aromatic nitrogens is 1. The third-order valence-electron chi connectivity index (χ3n) is 3.46. The molecule has 3 nitrogen and oxygen atoms in total. The molecule has 112 valence electrons. The van der Waals surface area contributed by atoms with Crippen molar-refractivity contribution in [2.45, 2.75) is 26.9 Å². The van der Waals surface area contributed by atoms with Gasteiger partial charge in [-0.3, -0.25) is 4.98 Å². The van der Waals surface area contributed by atoms with Crippen molar-refractivity contribution in [2.75, 3.05) is 18.0 Å². The number of hydrogen-bond donors (Lipinski definition) is 1. The number of hydrogen-bond acceptors (Lipinski definition) is 3. The molecule has 0 aliphatic carbocycles. The summed E-state index contributed by atoms with van der Waals surface area (Å²) in [5.41, 5.74) is 3.72. The summed E-state index contributed by atoms with van der Waals surface area (Å²) in [6.07, 6.45) is 3.67. The van der Waals surface area contributed by atoms with E-state index in [9.17, 15) is 0 Å². The first-order valence-electron chi connectivity index (χ1n) is 7.37. The molecule has 0 saturated heterocycles. The first-order valence-corrected chi connectivity index (χ1v) is 7.75. The van der Waals surface area contributed by atoms with Crippen molar-refractivity contribution in [3.8, 4) is 0 Å². The fraction of sp³-hybridized carbons (Fsp3) is 0.353. The van der Waals surface area contributed by atoms with E-state index >= 15 is 0 Å². The molecule has 0 bridgehead atoms. The zero-order chi connectivity index (χ0) is 15.1. The summed E-state index contributed by atoms with van der Waals surface area (Å²) >= 11 is 6.20. The van der Waals surface area contributed by atoms with Gasteiger partial charge in [-0.05, 0) is 48.9 Å². The molecule has 21 heavy (non-hydrogen) atoms. The number of pyridine rings is 1. The summed E-state index contributed by atoms with van der Waals surface area (Å²) in [5, 5.41) is 4.16. The summed E-state index contributed by atoms with van der Waals surface area (Å²) < 4.78 is 0. The topological polar surface area (TPSA) is 28.2 Å². The zero-order valence-electron chi connectivity index (χ0n) is 12.6. The third-order valence-corrected chi connectivity index (χ3v) is 3.69. The quantitative estimate of drug-likeness (QED) is 0.841. The van der Waals surface area contributed by atoms with Crippen molar-refractivity contribution in [1.29, 1.82) is 0 Å². The summed E-state index contributed by atoms with van der Waals surface area (Å²) in [7, 11) is 0. The molecule has 0 atom stereocenters. The molecule has 4 heteroatoms. The molecule has 2 aromatic rings. The molecular weight excluding hydrogens is 282 g/mol. The summed E-state index contributed by atoms with van der Waals surface area (Å²) in [6, 6.07) is 10.2. The molecule has 1 heterocycles. The summed E-state index contributed by atoms with van der Waals surface area (Å²) in [4.78, 5) is 6.41. The maximum atomic E-state index is 6.20. The minimum absolute atomic E-state index is 0.776. The van der Waals surface area contributed by atoms with Crippen LogP contribution in [0.15, 0.2) is 42.7 Å². The van der Waals surface area contributed by atoms with Gasteiger partial charge in [0.25, 0.3) is 0 Å². The van der Waals surface area contributed by atoms with Gasteiger partial charge in [-0.25, -0.2) is 0 Å². The van der Waals surface area contributed by atoms with Crippen molar-refractivity contribution in [3.63, 3.8) is 0 Å². The van der Waals surface area contributed by atoms with Gasteiger partial charge in [0, 0.05) is 42.7 Å². The average Bonchev–Trinajstić information content (AvgIpc) is 2.52. The Labute approximate surface area is 132 Å². The van der Waals surface area contributed by atoms with E-state index in [1.165, 1.54) is 16.8 Å². The van der Waals surface area contributed by atoms with Crippen molar-refractivity contribution < 1.29 is 0 Å². The second-order valence-corrected chi connectivity index (χ2v) is 5.36. The van der Waals surface area contributed by atoms with Crippen LogP contribution in [0.5, 0.6) is 0 Å². The highest BCUT2D eigenvalue weighted by Gasteiger charge is 2.11. The van der Waals surface area contributed by atoms with Crippen LogP contribution in [0, 0.1) is 0 Å². The molecule has 1 aromatic carbocycles. The largest absolute Gasteiger partial charge is 0.367 e. The van der Waals surface area contributed by atoms with Crippen LogP contribution in [-0.4, -0.2) is 18.1 Å². The Kier molecular flexibility index (Phi) is 6.03. The lowest BCUT2D eigenvalue weighted by molar-refractivity contribution is 0.719. The van der Waals surface area contributed by atoms with Crippen molar-refractivity contribution in [3.05, 3.63) is 58.9 Å². The molecular formula is C17H22ClN3. The van der Waals surface area contributed by atoms with E-state index < -0.39 is 0 Å². The van der Waals surface area contributed by atoms with Crippen LogP contribution in [-0.2, 0) is 13.1 Å². The van der Waals surface area contributed by atoms with Gasteiger partial charge in [0.05, 0.1) is 0 Å². The monoisotopic (exact) mass is 303 g/mol. The van der Waals surface area contributed by atoms with E-state index in [0.717, 1.165) is 31.2 Å². The molecule has 0 amide bonds. The van der Waals surface area contributed by atoms with Gasteiger partial charge in [-0.1, -0.05) is 24.6 Å². The second-order valence-electron chi connectivity index (χ2n) is 4.92. The number of rotatable bonds is 7. The third kappa shape index (κ3) is 4.45. The Morgan fingerprint density at radius 3 is 2.57 bits per heavy atom. The number of nitrogens with zero attached hydrogens (tertiary/aromatic N) is 2. The van der Waals surface area contributed by atoms with Crippen LogP contribution in [0.2, 0.25) is 5.02 Å². The van der Waals surface area contributed by atoms with Gasteiger partial charge in [0.2, 0.25) is 0 Å². The summed E-state index contributed by atoms with van der Waals surface area (Å²) in [5.74, 6) is 0. The fourth-order valence-electron chi connectivity index (χ4n) is 2.32. The lowest BCUT2D eigenvalue weighted by atomic mass is 10.1. The number of benzene rings is 1. The Morgan fingerprint density at radius 2 is 1.90 bits per heavy atom. The zero-order valence-corrected chi connectivity index (χ0v) is 13.4. The predicted octanol–water partition coefficient (Wildman–Crippen LogP) is 3.87. The van der Waals surface area contributed by atoms with E-state index in [1.807, 2.05) is 18.5 Å². The molecule has 0 spiro atoms. The van der Waals surface area contributed by atoms with Crippen molar-refractivity contribution in [2.24, 2.45) is 0 Å². The maximum absolute atomic E-state index is 6.20. The molecule has 0 aliphatic rings. The van der Waals surface area contributed by atoms with Crippen LogP contribution < -0.4 is 10.2 Å². The highest BCUT2D eigenvalue weighted by Crippen LogP contribution is 2.26. The van der Waals surface area contributed by atoms with E-state index in [-0.39, 0.29) is 0 Å². The minimum atomic E-state index is 0.776. The Bertz CT molecular complexity index is 557. The van der Waals surface area contributed by atoms with Crippen molar-refractivity contribution in [1.82, 2.24) is 10.3 Å². The minimum Gasteiger partial charge on any atom is -0.367 e. The Balaban J connectivity index is 2.25. The van der Waals surface area contributed by atoms with Crippen molar-refractivity contribution >= 4 is 17.3 Å². The first kappa shape index (κ1) is 15.8. The second kappa shape index (κ2) is 8.01. The SMILES string of the molecule is CCNCc1ccc(Cl)cc1N(CC)Cc1ccncc1. The first-order chi connectivity index (χ1) is 10.2. The fourth-order valence-corrected chi connectivity index (χ4v) is 2.48. The highest BCUT2D eigenvalue weighted by atomic mass is 35.5.